The van der Waals surface area contributed by atoms with Gasteiger partial charge < -0.3 is 9.47 Å². The summed E-state index contributed by atoms with van der Waals surface area (Å²) in [4.78, 5) is 43.8. The Bertz CT molecular complexity index is 580. The number of carbonyl (C=O) groups is 4. The molecule has 4 saturated carbocycles. The number of halogens is 2. The first-order valence-corrected chi connectivity index (χ1v) is 7.84. The number of carbonyl (C=O) groups excluding carboxylic acids is 4. The number of ether oxygens (including phenoxy) is 2. The van der Waals surface area contributed by atoms with Crippen LogP contribution in [-0.4, -0.2) is 49.1 Å². The highest BCUT2D eigenvalue weighted by Crippen LogP contribution is 2.62. The zero-order valence-corrected chi connectivity index (χ0v) is 13.3. The SMILES string of the molecule is COC(=O)C1(F)C2CCC(=O)C21.COC(=O)C1(F)C2CCC(=O)C21. The second kappa shape index (κ2) is 5.32. The van der Waals surface area contributed by atoms with E-state index in [-0.39, 0.29) is 11.6 Å². The molecule has 0 spiro atoms. The first-order chi connectivity index (χ1) is 11.2. The average molecular weight is 344 g/mol. The quantitative estimate of drug-likeness (QED) is 0.693. The summed E-state index contributed by atoms with van der Waals surface area (Å²) in [6, 6.07) is 0. The van der Waals surface area contributed by atoms with E-state index in [2.05, 4.69) is 9.47 Å². The summed E-state index contributed by atoms with van der Waals surface area (Å²) in [5.74, 6) is -4.19. The summed E-state index contributed by atoms with van der Waals surface area (Å²) in [5, 5.41) is 0. The Morgan fingerprint density at radius 1 is 0.875 bits per heavy atom. The molecule has 6 unspecified atom stereocenters. The lowest BCUT2D eigenvalue weighted by molar-refractivity contribution is -0.151. The standard InChI is InChI=1S/2C8H9FO3/c2*1-12-7(11)8(9)4-2-3-5(10)6(4)8/h2*4,6H,2-3H2,1H3. The summed E-state index contributed by atoms with van der Waals surface area (Å²) < 4.78 is 35.7. The van der Waals surface area contributed by atoms with Crippen LogP contribution >= 0.6 is 0 Å². The molecule has 0 aromatic heterocycles. The van der Waals surface area contributed by atoms with Gasteiger partial charge in [0.15, 0.2) is 0 Å². The van der Waals surface area contributed by atoms with Gasteiger partial charge in [-0.25, -0.2) is 18.4 Å². The van der Waals surface area contributed by atoms with Crippen molar-refractivity contribution in [1.29, 1.82) is 0 Å². The summed E-state index contributed by atoms with van der Waals surface area (Å²) >= 11 is 0. The predicted octanol–water partition coefficient (Wildman–Crippen LogP) is 0.953. The van der Waals surface area contributed by atoms with Crippen LogP contribution in [0.2, 0.25) is 0 Å². The van der Waals surface area contributed by atoms with Crippen LogP contribution < -0.4 is 0 Å². The molecule has 4 rings (SSSR count). The average Bonchev–Trinajstić information content (AvgIpc) is 3.16. The van der Waals surface area contributed by atoms with Crippen molar-refractivity contribution >= 4 is 23.5 Å². The van der Waals surface area contributed by atoms with E-state index >= 15 is 0 Å². The van der Waals surface area contributed by atoms with Gasteiger partial charge in [-0.05, 0) is 12.8 Å². The number of ketones is 2. The topological polar surface area (TPSA) is 86.7 Å². The van der Waals surface area contributed by atoms with Crippen LogP contribution in [0.5, 0.6) is 0 Å². The van der Waals surface area contributed by atoms with Crippen molar-refractivity contribution in [1.82, 2.24) is 0 Å². The van der Waals surface area contributed by atoms with Crippen molar-refractivity contribution in [2.45, 2.75) is 37.0 Å². The minimum atomic E-state index is -1.97. The van der Waals surface area contributed by atoms with Crippen LogP contribution in [-0.2, 0) is 28.7 Å². The van der Waals surface area contributed by atoms with E-state index in [9.17, 15) is 28.0 Å². The van der Waals surface area contributed by atoms with Gasteiger partial charge in [0, 0.05) is 24.7 Å². The Kier molecular flexibility index (Phi) is 3.77. The highest BCUT2D eigenvalue weighted by Gasteiger charge is 2.78. The van der Waals surface area contributed by atoms with Crippen molar-refractivity contribution in [3.05, 3.63) is 0 Å². The maximum atomic E-state index is 13.6. The van der Waals surface area contributed by atoms with Gasteiger partial charge in [0.05, 0.1) is 26.1 Å². The van der Waals surface area contributed by atoms with Crippen LogP contribution in [0.3, 0.4) is 0 Å². The second-order valence-electron chi connectivity index (χ2n) is 6.70. The maximum Gasteiger partial charge on any atom is 0.344 e. The van der Waals surface area contributed by atoms with Crippen molar-refractivity contribution in [3.8, 4) is 0 Å². The number of fused-ring (bicyclic) bond motifs is 2. The van der Waals surface area contributed by atoms with Gasteiger partial charge in [-0.3, -0.25) is 9.59 Å². The maximum absolute atomic E-state index is 13.6. The van der Waals surface area contributed by atoms with Crippen molar-refractivity contribution in [3.63, 3.8) is 0 Å². The predicted molar refractivity (Wildman–Crippen MR) is 74.2 cm³/mol. The molecule has 0 radical (unpaired) electrons. The molecular weight excluding hydrogens is 326 g/mol. The molecule has 4 aliphatic rings. The van der Waals surface area contributed by atoms with Crippen LogP contribution in [0.25, 0.3) is 0 Å². The molecule has 6 nitrogen and oxygen atoms in total. The number of methoxy groups -OCH3 is 2. The van der Waals surface area contributed by atoms with E-state index in [0.717, 1.165) is 14.2 Å². The Labute approximate surface area is 136 Å². The highest BCUT2D eigenvalue weighted by molar-refractivity contribution is 6.00. The van der Waals surface area contributed by atoms with Gasteiger partial charge in [-0.15, -0.1) is 0 Å². The molecule has 0 aromatic rings. The first kappa shape index (κ1) is 17.0. The number of esters is 2. The zero-order chi connectivity index (χ0) is 17.9. The summed E-state index contributed by atoms with van der Waals surface area (Å²) in [6.07, 6.45) is 1.82. The number of rotatable bonds is 2. The third kappa shape index (κ3) is 2.04. The first-order valence-electron chi connectivity index (χ1n) is 7.84. The number of hydrogen-bond acceptors (Lipinski definition) is 6. The fraction of sp³-hybridized carbons (Fsp3) is 0.750. The monoisotopic (exact) mass is 344 g/mol. The van der Waals surface area contributed by atoms with E-state index in [1.165, 1.54) is 0 Å². The molecule has 6 atom stereocenters. The number of hydrogen-bond donors (Lipinski definition) is 0. The van der Waals surface area contributed by atoms with E-state index in [1.54, 1.807) is 0 Å². The molecule has 0 amide bonds. The summed E-state index contributed by atoms with van der Waals surface area (Å²) in [7, 11) is 2.28. The normalized spacial score (nSPS) is 44.0. The smallest absolute Gasteiger partial charge is 0.344 e. The van der Waals surface area contributed by atoms with Gasteiger partial charge in [0.2, 0.25) is 11.3 Å². The Hall–Kier alpha value is -1.86. The molecule has 0 aromatic carbocycles. The van der Waals surface area contributed by atoms with Crippen molar-refractivity contribution in [2.75, 3.05) is 14.2 Å². The van der Waals surface area contributed by atoms with Gasteiger partial charge in [0.25, 0.3) is 0 Å². The molecule has 24 heavy (non-hydrogen) atoms. The third-order valence-electron chi connectivity index (χ3n) is 5.66. The molecule has 8 heteroatoms. The van der Waals surface area contributed by atoms with Crippen LogP contribution in [0.4, 0.5) is 8.78 Å². The lowest BCUT2D eigenvalue weighted by Crippen LogP contribution is -2.26. The van der Waals surface area contributed by atoms with Crippen molar-refractivity contribution < 1.29 is 37.4 Å². The Balaban J connectivity index is 0.000000141. The second-order valence-corrected chi connectivity index (χ2v) is 6.70. The summed E-state index contributed by atoms with van der Waals surface area (Å²) in [5.41, 5.74) is -3.94. The molecule has 0 N–H and O–H groups in total. The molecule has 0 bridgehead atoms. The lowest BCUT2D eigenvalue weighted by Gasteiger charge is -2.06. The molecule has 0 heterocycles. The minimum absolute atomic E-state index is 0.132. The van der Waals surface area contributed by atoms with E-state index in [1.807, 2.05) is 0 Å². The minimum Gasteiger partial charge on any atom is -0.467 e. The molecular formula is C16H18F2O6. The fourth-order valence-electron chi connectivity index (χ4n) is 4.30. The molecule has 4 fully saturated rings. The van der Waals surface area contributed by atoms with Gasteiger partial charge in [-0.1, -0.05) is 0 Å². The number of Topliss-reactive ketones (excluding diaryl/α,β-unsaturated/α-hetero) is 2. The third-order valence-corrected chi connectivity index (χ3v) is 5.66. The van der Waals surface area contributed by atoms with E-state index in [4.69, 9.17) is 0 Å². The lowest BCUT2D eigenvalue weighted by atomic mass is 10.1. The van der Waals surface area contributed by atoms with Gasteiger partial charge in [0.1, 0.15) is 11.6 Å². The Morgan fingerprint density at radius 2 is 1.21 bits per heavy atom. The zero-order valence-electron chi connectivity index (χ0n) is 13.3. The van der Waals surface area contributed by atoms with Crippen LogP contribution in [0.15, 0.2) is 0 Å². The van der Waals surface area contributed by atoms with Crippen LogP contribution in [0.1, 0.15) is 25.7 Å². The molecule has 132 valence electrons. The molecule has 0 saturated heterocycles. The molecule has 0 aliphatic heterocycles. The van der Waals surface area contributed by atoms with E-state index < -0.39 is 46.9 Å². The number of alkyl halides is 2. The van der Waals surface area contributed by atoms with Crippen LogP contribution in [0, 0.1) is 23.7 Å². The van der Waals surface area contributed by atoms with Gasteiger partial charge >= 0.3 is 11.9 Å². The highest BCUT2D eigenvalue weighted by atomic mass is 19.2. The molecule has 4 aliphatic carbocycles. The van der Waals surface area contributed by atoms with E-state index in [0.29, 0.717) is 25.7 Å². The fourth-order valence-corrected chi connectivity index (χ4v) is 4.30. The summed E-state index contributed by atoms with van der Waals surface area (Å²) in [6.45, 7) is 0. The van der Waals surface area contributed by atoms with Crippen molar-refractivity contribution in [2.24, 2.45) is 23.7 Å². The largest absolute Gasteiger partial charge is 0.467 e. The van der Waals surface area contributed by atoms with Gasteiger partial charge in [-0.2, -0.15) is 0 Å². The Morgan fingerprint density at radius 3 is 1.42 bits per heavy atom.